The van der Waals surface area contributed by atoms with Gasteiger partial charge in [0.25, 0.3) is 0 Å². The van der Waals surface area contributed by atoms with Gasteiger partial charge in [0.05, 0.1) is 25.8 Å². The van der Waals surface area contributed by atoms with Gasteiger partial charge in [-0.2, -0.15) is 0 Å². The van der Waals surface area contributed by atoms with Crippen LogP contribution in [0.25, 0.3) is 0 Å². The molecule has 2 aromatic carbocycles. The number of halogens is 1. The van der Waals surface area contributed by atoms with E-state index in [1.54, 1.807) is 31.4 Å². The zero-order valence-corrected chi connectivity index (χ0v) is 17.5. The summed E-state index contributed by atoms with van der Waals surface area (Å²) in [7, 11) is 1.61. The van der Waals surface area contributed by atoms with Crippen LogP contribution in [0.1, 0.15) is 10.7 Å². The van der Waals surface area contributed by atoms with Crippen LogP contribution in [0.15, 0.2) is 53.9 Å². The number of nitrogens with one attached hydrogen (secondary N) is 1. The highest BCUT2D eigenvalue weighted by atomic mass is 35.5. The summed E-state index contributed by atoms with van der Waals surface area (Å²) in [6.45, 7) is 1.15. The van der Waals surface area contributed by atoms with Gasteiger partial charge in [0.2, 0.25) is 5.91 Å². The van der Waals surface area contributed by atoms with Crippen LogP contribution >= 0.6 is 22.9 Å². The molecule has 0 atom stereocenters. The molecule has 0 aliphatic rings. The second kappa shape index (κ2) is 10.7. The Balaban J connectivity index is 1.35. The van der Waals surface area contributed by atoms with Crippen LogP contribution in [0.3, 0.4) is 0 Å². The van der Waals surface area contributed by atoms with Gasteiger partial charge in [0, 0.05) is 10.4 Å². The summed E-state index contributed by atoms with van der Waals surface area (Å²) in [5.41, 5.74) is 0.721. The van der Waals surface area contributed by atoms with Crippen molar-refractivity contribution in [2.24, 2.45) is 0 Å². The molecule has 29 heavy (non-hydrogen) atoms. The molecule has 6 nitrogen and oxygen atoms in total. The van der Waals surface area contributed by atoms with E-state index in [0.717, 1.165) is 28.0 Å². The average Bonchev–Trinajstić information content (AvgIpc) is 3.18. The van der Waals surface area contributed by atoms with Gasteiger partial charge in [-0.25, -0.2) is 4.98 Å². The number of rotatable bonds is 10. The third-order valence-corrected chi connectivity index (χ3v) is 4.99. The highest BCUT2D eigenvalue weighted by Gasteiger charge is 2.08. The summed E-state index contributed by atoms with van der Waals surface area (Å²) in [5.74, 6) is 2.12. The Hall–Kier alpha value is -2.77. The number of carbonyl (C=O) groups is 1. The van der Waals surface area contributed by atoms with Crippen molar-refractivity contribution in [1.82, 2.24) is 10.3 Å². The number of aromatic nitrogens is 1. The minimum Gasteiger partial charge on any atom is -0.497 e. The van der Waals surface area contributed by atoms with Crippen molar-refractivity contribution in [2.45, 2.75) is 13.0 Å². The molecule has 0 radical (unpaired) electrons. The molecule has 0 saturated heterocycles. The Labute approximate surface area is 178 Å². The van der Waals surface area contributed by atoms with Crippen molar-refractivity contribution < 1.29 is 19.0 Å². The van der Waals surface area contributed by atoms with E-state index in [9.17, 15) is 4.79 Å². The molecule has 0 fully saturated rings. The van der Waals surface area contributed by atoms with Crippen LogP contribution < -0.4 is 19.5 Å². The number of carbonyl (C=O) groups excluding carboxylic acids is 1. The topological polar surface area (TPSA) is 69.7 Å². The smallest absolute Gasteiger partial charge is 0.226 e. The number of amides is 1. The van der Waals surface area contributed by atoms with Gasteiger partial charge >= 0.3 is 0 Å². The standard InChI is InChI=1S/C21H21ClN2O4S/c1-26-17-6-8-18(9-7-17)27-11-10-23-20(25)12-16-14-29-21(24-16)13-28-19-4-2-15(22)3-5-19/h2-9,14H,10-13H2,1H3,(H,23,25). The second-order valence-corrected chi connectivity index (χ2v) is 7.40. The number of hydrogen-bond donors (Lipinski definition) is 1. The third-order valence-electron chi connectivity index (χ3n) is 3.87. The molecule has 1 N–H and O–H groups in total. The molecule has 3 aromatic rings. The Morgan fingerprint density at radius 1 is 1.03 bits per heavy atom. The third kappa shape index (κ3) is 6.96. The molecular weight excluding hydrogens is 412 g/mol. The van der Waals surface area contributed by atoms with Crippen molar-refractivity contribution in [2.75, 3.05) is 20.3 Å². The molecule has 3 rings (SSSR count). The summed E-state index contributed by atoms with van der Waals surface area (Å²) < 4.78 is 16.3. The van der Waals surface area contributed by atoms with Crippen molar-refractivity contribution in [3.05, 3.63) is 69.6 Å². The molecule has 0 unspecified atom stereocenters. The zero-order valence-electron chi connectivity index (χ0n) is 15.9. The highest BCUT2D eigenvalue weighted by molar-refractivity contribution is 7.09. The van der Waals surface area contributed by atoms with Crippen molar-refractivity contribution in [3.63, 3.8) is 0 Å². The molecule has 1 aromatic heterocycles. The van der Waals surface area contributed by atoms with E-state index in [-0.39, 0.29) is 12.3 Å². The monoisotopic (exact) mass is 432 g/mol. The average molecular weight is 433 g/mol. The number of ether oxygens (including phenoxy) is 3. The van der Waals surface area contributed by atoms with Crippen LogP contribution in [0.4, 0.5) is 0 Å². The van der Waals surface area contributed by atoms with E-state index >= 15 is 0 Å². The first kappa shape index (κ1) is 21.0. The molecule has 0 spiro atoms. The van der Waals surface area contributed by atoms with E-state index in [1.807, 2.05) is 29.6 Å². The maximum Gasteiger partial charge on any atom is 0.226 e. The van der Waals surface area contributed by atoms with Crippen molar-refractivity contribution in [3.8, 4) is 17.2 Å². The van der Waals surface area contributed by atoms with E-state index in [4.69, 9.17) is 25.8 Å². The SMILES string of the molecule is COc1ccc(OCCNC(=O)Cc2csc(COc3ccc(Cl)cc3)n2)cc1. The Kier molecular flexibility index (Phi) is 7.72. The molecule has 8 heteroatoms. The zero-order chi connectivity index (χ0) is 20.5. The van der Waals surface area contributed by atoms with Gasteiger partial charge in [-0.1, -0.05) is 11.6 Å². The number of benzene rings is 2. The van der Waals surface area contributed by atoms with Crippen LogP contribution in [-0.2, 0) is 17.8 Å². The predicted octanol–water partition coefficient (Wildman–Crippen LogP) is 4.12. The molecule has 0 aliphatic carbocycles. The van der Waals surface area contributed by atoms with Crippen LogP contribution in [0, 0.1) is 0 Å². The summed E-state index contributed by atoms with van der Waals surface area (Å²) in [5, 5.41) is 6.17. The number of methoxy groups -OCH3 is 1. The Morgan fingerprint density at radius 2 is 1.69 bits per heavy atom. The minimum absolute atomic E-state index is 0.0983. The maximum absolute atomic E-state index is 12.1. The Bertz CT molecular complexity index is 913. The highest BCUT2D eigenvalue weighted by Crippen LogP contribution is 2.19. The van der Waals surface area contributed by atoms with Crippen LogP contribution in [0.2, 0.25) is 5.02 Å². The van der Waals surface area contributed by atoms with Gasteiger partial charge in [0.1, 0.15) is 35.5 Å². The summed E-state index contributed by atoms with van der Waals surface area (Å²) >= 11 is 7.32. The summed E-state index contributed by atoms with van der Waals surface area (Å²) in [4.78, 5) is 16.5. The lowest BCUT2D eigenvalue weighted by Gasteiger charge is -2.08. The summed E-state index contributed by atoms with van der Waals surface area (Å²) in [6.07, 6.45) is 0.222. The molecule has 1 heterocycles. The van der Waals surface area contributed by atoms with E-state index < -0.39 is 0 Å². The van der Waals surface area contributed by atoms with Gasteiger partial charge in [-0.15, -0.1) is 11.3 Å². The fourth-order valence-corrected chi connectivity index (χ4v) is 3.26. The fourth-order valence-electron chi connectivity index (χ4n) is 2.43. The largest absolute Gasteiger partial charge is 0.497 e. The lowest BCUT2D eigenvalue weighted by molar-refractivity contribution is -0.120. The van der Waals surface area contributed by atoms with Gasteiger partial charge < -0.3 is 19.5 Å². The minimum atomic E-state index is -0.0983. The maximum atomic E-state index is 12.1. The van der Waals surface area contributed by atoms with Crippen LogP contribution in [-0.4, -0.2) is 31.2 Å². The molecule has 1 amide bonds. The molecule has 0 saturated carbocycles. The number of nitrogens with zero attached hydrogens (tertiary/aromatic N) is 1. The van der Waals surface area contributed by atoms with E-state index in [0.29, 0.717) is 24.8 Å². The fraction of sp³-hybridized carbons (Fsp3) is 0.238. The van der Waals surface area contributed by atoms with Crippen LogP contribution in [0.5, 0.6) is 17.2 Å². The van der Waals surface area contributed by atoms with E-state index in [2.05, 4.69) is 10.3 Å². The van der Waals surface area contributed by atoms with Crippen molar-refractivity contribution >= 4 is 28.8 Å². The molecular formula is C21H21ClN2O4S. The molecule has 0 aliphatic heterocycles. The summed E-state index contributed by atoms with van der Waals surface area (Å²) in [6, 6.07) is 14.4. The number of thiazole rings is 1. The number of hydrogen-bond acceptors (Lipinski definition) is 6. The first-order valence-electron chi connectivity index (χ1n) is 8.97. The molecule has 152 valence electrons. The van der Waals surface area contributed by atoms with Gasteiger partial charge in [0.15, 0.2) is 0 Å². The first-order valence-corrected chi connectivity index (χ1v) is 10.2. The quantitative estimate of drug-likeness (QED) is 0.488. The van der Waals surface area contributed by atoms with Gasteiger partial charge in [-0.3, -0.25) is 4.79 Å². The van der Waals surface area contributed by atoms with E-state index in [1.165, 1.54) is 11.3 Å². The predicted molar refractivity (Wildman–Crippen MR) is 113 cm³/mol. The lowest BCUT2D eigenvalue weighted by Crippen LogP contribution is -2.29. The van der Waals surface area contributed by atoms with Gasteiger partial charge in [-0.05, 0) is 48.5 Å². The lowest BCUT2D eigenvalue weighted by atomic mass is 10.3. The first-order chi connectivity index (χ1) is 14.1. The molecule has 0 bridgehead atoms. The normalized spacial score (nSPS) is 10.4. The van der Waals surface area contributed by atoms with Crippen molar-refractivity contribution in [1.29, 1.82) is 0 Å². The Morgan fingerprint density at radius 3 is 2.41 bits per heavy atom. The second-order valence-electron chi connectivity index (χ2n) is 6.03.